The number of ketones is 1. The van der Waals surface area contributed by atoms with Gasteiger partial charge in [-0.2, -0.15) is 0 Å². The first kappa shape index (κ1) is 26.4. The summed E-state index contributed by atoms with van der Waals surface area (Å²) in [5.41, 5.74) is 1.03. The van der Waals surface area contributed by atoms with Crippen LogP contribution in [0.4, 0.5) is 0 Å². The Hall–Kier alpha value is -1.16. The lowest BCUT2D eigenvalue weighted by molar-refractivity contribution is -0.206. The minimum Gasteiger partial charge on any atom is -0.469 e. The van der Waals surface area contributed by atoms with Crippen molar-refractivity contribution in [3.05, 3.63) is 11.6 Å². The van der Waals surface area contributed by atoms with Gasteiger partial charge < -0.3 is 9.47 Å². The third-order valence-electron chi connectivity index (χ3n) is 13.5. The third-order valence-corrected chi connectivity index (χ3v) is 13.5. The summed E-state index contributed by atoms with van der Waals surface area (Å²) in [6, 6.07) is 0. The van der Waals surface area contributed by atoms with Gasteiger partial charge in [-0.15, -0.1) is 0 Å². The van der Waals surface area contributed by atoms with Crippen LogP contribution in [0, 0.1) is 50.2 Å². The van der Waals surface area contributed by atoms with Crippen molar-refractivity contribution < 1.29 is 19.1 Å². The lowest BCUT2D eigenvalue weighted by atomic mass is 9.33. The summed E-state index contributed by atoms with van der Waals surface area (Å²) in [6.07, 6.45) is 11.7. The van der Waals surface area contributed by atoms with Gasteiger partial charge in [0.1, 0.15) is 0 Å². The molecule has 4 saturated carbocycles. The summed E-state index contributed by atoms with van der Waals surface area (Å²) in [6.45, 7) is 16.6. The van der Waals surface area contributed by atoms with Gasteiger partial charge >= 0.3 is 5.97 Å². The van der Waals surface area contributed by atoms with Crippen LogP contribution in [0.15, 0.2) is 11.6 Å². The Labute approximate surface area is 219 Å². The first-order valence-corrected chi connectivity index (χ1v) is 14.5. The molecule has 0 amide bonds. The molecule has 4 heteroatoms. The Morgan fingerprint density at radius 2 is 1.56 bits per heavy atom. The molecule has 5 aliphatic rings. The predicted molar refractivity (Wildman–Crippen MR) is 142 cm³/mol. The summed E-state index contributed by atoms with van der Waals surface area (Å²) in [5, 5.41) is 0. The van der Waals surface area contributed by atoms with Crippen molar-refractivity contribution in [1.82, 2.24) is 0 Å². The van der Waals surface area contributed by atoms with Crippen molar-refractivity contribution in [3.63, 3.8) is 0 Å². The fraction of sp³-hybridized carbons (Fsp3) is 0.875. The molecule has 202 valence electrons. The number of hydrogen-bond acceptors (Lipinski definition) is 4. The first-order valence-electron chi connectivity index (χ1n) is 14.5. The van der Waals surface area contributed by atoms with Crippen LogP contribution < -0.4 is 0 Å². The fourth-order valence-corrected chi connectivity index (χ4v) is 11.0. The van der Waals surface area contributed by atoms with Crippen LogP contribution in [-0.4, -0.2) is 32.1 Å². The monoisotopic (exact) mass is 498 g/mol. The number of hydrogen-bond donors (Lipinski definition) is 0. The molecule has 9 atom stereocenters. The van der Waals surface area contributed by atoms with Gasteiger partial charge in [0.2, 0.25) is 0 Å². The van der Waals surface area contributed by atoms with E-state index in [0.717, 1.165) is 51.4 Å². The van der Waals surface area contributed by atoms with E-state index in [9.17, 15) is 9.59 Å². The van der Waals surface area contributed by atoms with Crippen molar-refractivity contribution in [3.8, 4) is 0 Å². The molecular weight excluding hydrogens is 448 g/mol. The zero-order valence-electron chi connectivity index (χ0n) is 24.4. The van der Waals surface area contributed by atoms with Gasteiger partial charge in [0.25, 0.3) is 0 Å². The van der Waals surface area contributed by atoms with E-state index in [1.54, 1.807) is 0 Å². The van der Waals surface area contributed by atoms with Crippen LogP contribution in [-0.2, 0) is 19.1 Å². The van der Waals surface area contributed by atoms with Crippen LogP contribution in [0.3, 0.4) is 0 Å². The minimum absolute atomic E-state index is 0.0124. The summed E-state index contributed by atoms with van der Waals surface area (Å²) in [7, 11) is 3.37. The number of ether oxygens (including phenoxy) is 2. The normalized spacial score (nSPS) is 51.7. The van der Waals surface area contributed by atoms with Crippen LogP contribution in [0.25, 0.3) is 0 Å². The number of allylic oxidation sites excluding steroid dienone is 2. The first-order chi connectivity index (χ1) is 16.6. The third kappa shape index (κ3) is 3.15. The number of fused-ring (bicyclic) bond motifs is 7. The zero-order valence-corrected chi connectivity index (χ0v) is 24.4. The van der Waals surface area contributed by atoms with Crippen molar-refractivity contribution in [2.24, 2.45) is 50.2 Å². The number of methoxy groups -OCH3 is 2. The predicted octanol–water partition coefficient (Wildman–Crippen LogP) is 7.16. The van der Waals surface area contributed by atoms with Crippen molar-refractivity contribution in [2.75, 3.05) is 14.2 Å². The maximum atomic E-state index is 14.4. The van der Waals surface area contributed by atoms with Crippen LogP contribution in [0.5, 0.6) is 0 Å². The zero-order chi connectivity index (χ0) is 26.5. The van der Waals surface area contributed by atoms with E-state index in [1.807, 2.05) is 7.11 Å². The Balaban J connectivity index is 1.60. The van der Waals surface area contributed by atoms with Gasteiger partial charge in [0.05, 0.1) is 18.6 Å². The lowest BCUT2D eigenvalue weighted by Gasteiger charge is -2.70. The molecule has 0 aliphatic heterocycles. The van der Waals surface area contributed by atoms with Gasteiger partial charge in [-0.1, -0.05) is 47.1 Å². The van der Waals surface area contributed by atoms with Gasteiger partial charge in [-0.05, 0) is 110 Å². The lowest BCUT2D eigenvalue weighted by Crippen LogP contribution is -2.66. The molecule has 36 heavy (non-hydrogen) atoms. The maximum Gasteiger partial charge on any atom is 0.311 e. The van der Waals surface area contributed by atoms with Crippen molar-refractivity contribution >= 4 is 11.8 Å². The molecule has 4 nitrogen and oxygen atoms in total. The van der Waals surface area contributed by atoms with E-state index in [-0.39, 0.29) is 51.0 Å². The molecule has 1 unspecified atom stereocenters. The molecule has 5 rings (SSSR count). The quantitative estimate of drug-likeness (QED) is 0.379. The van der Waals surface area contributed by atoms with Crippen LogP contribution >= 0.6 is 0 Å². The van der Waals surface area contributed by atoms with Crippen molar-refractivity contribution in [1.29, 1.82) is 0 Å². The van der Waals surface area contributed by atoms with Gasteiger partial charge in [0, 0.05) is 13.0 Å². The summed E-state index contributed by atoms with van der Waals surface area (Å²) in [4.78, 5) is 27.2. The van der Waals surface area contributed by atoms with E-state index < -0.39 is 5.41 Å². The Bertz CT molecular complexity index is 996. The standard InChI is InChI=1S/C32H50O4/c1-27(2)23-10-13-32(7)25(30(23,5)12-11-24(27)35-8)22(33)18-20-21-19-29(4,26(34)36-9)15-14-28(21,3)16-17-31(20,32)6/h18,21,23-25H,10-17,19H2,1-9H3/t21-,23?,24-,25+,28+,29-,30-,31+,32+/m0/s1. The second-order valence-corrected chi connectivity index (χ2v) is 15.3. The number of carbonyl (C=O) groups excluding carboxylic acids is 2. The Morgan fingerprint density at radius 1 is 0.889 bits per heavy atom. The fourth-order valence-electron chi connectivity index (χ4n) is 11.0. The maximum absolute atomic E-state index is 14.4. The molecule has 0 radical (unpaired) electrons. The number of carbonyl (C=O) groups is 2. The SMILES string of the molecule is COC(=O)[C@@]1(C)CC[C@]2(C)CC[C@]3(C)C(=CC(=O)[C@@H]4[C@@]5(C)CC[C@H](OC)C(C)(C)C5CC[C@]43C)[C@@H]2C1. The second-order valence-electron chi connectivity index (χ2n) is 15.3. The van der Waals surface area contributed by atoms with Crippen molar-refractivity contribution in [2.45, 2.75) is 112 Å². The average molecular weight is 499 g/mol. The topological polar surface area (TPSA) is 52.6 Å². The highest BCUT2D eigenvalue weighted by Crippen LogP contribution is 2.75. The molecule has 4 fully saturated rings. The van der Waals surface area contributed by atoms with E-state index in [0.29, 0.717) is 11.7 Å². The highest BCUT2D eigenvalue weighted by molar-refractivity contribution is 5.95. The molecule has 5 aliphatic carbocycles. The van der Waals surface area contributed by atoms with Gasteiger partial charge in [-0.3, -0.25) is 9.59 Å². The van der Waals surface area contributed by atoms with Crippen LogP contribution in [0.2, 0.25) is 0 Å². The molecule has 0 heterocycles. The molecule has 0 saturated heterocycles. The largest absolute Gasteiger partial charge is 0.469 e. The molecule has 0 N–H and O–H groups in total. The highest BCUT2D eigenvalue weighted by atomic mass is 16.5. The second kappa shape index (κ2) is 7.93. The molecule has 0 spiro atoms. The van der Waals surface area contributed by atoms with E-state index in [4.69, 9.17) is 9.47 Å². The number of esters is 1. The van der Waals surface area contributed by atoms with Crippen LogP contribution in [0.1, 0.15) is 106 Å². The summed E-state index contributed by atoms with van der Waals surface area (Å²) >= 11 is 0. The van der Waals surface area contributed by atoms with E-state index in [2.05, 4.69) is 54.5 Å². The molecular formula is C32H50O4. The average Bonchev–Trinajstić information content (AvgIpc) is 2.80. The number of rotatable bonds is 2. The molecule has 0 bridgehead atoms. The molecule has 0 aromatic rings. The molecule has 0 aromatic carbocycles. The van der Waals surface area contributed by atoms with E-state index in [1.165, 1.54) is 19.1 Å². The van der Waals surface area contributed by atoms with Gasteiger partial charge in [-0.25, -0.2) is 0 Å². The van der Waals surface area contributed by atoms with E-state index >= 15 is 0 Å². The highest BCUT2D eigenvalue weighted by Gasteiger charge is 2.70. The minimum atomic E-state index is -0.467. The Kier molecular flexibility index (Phi) is 5.83. The summed E-state index contributed by atoms with van der Waals surface area (Å²) < 4.78 is 11.2. The molecule has 0 aromatic heterocycles. The van der Waals surface area contributed by atoms with Gasteiger partial charge in [0.15, 0.2) is 5.78 Å². The summed E-state index contributed by atoms with van der Waals surface area (Å²) in [5.74, 6) is 1.07. The smallest absolute Gasteiger partial charge is 0.311 e. The Morgan fingerprint density at radius 3 is 2.19 bits per heavy atom.